The van der Waals surface area contributed by atoms with E-state index >= 15 is 0 Å². The summed E-state index contributed by atoms with van der Waals surface area (Å²) in [6.45, 7) is 3.12. The van der Waals surface area contributed by atoms with Crippen molar-refractivity contribution in [3.8, 4) is 0 Å². The molecule has 0 aliphatic heterocycles. The van der Waals surface area contributed by atoms with Gasteiger partial charge in [0.2, 0.25) is 5.91 Å². The van der Waals surface area contributed by atoms with Gasteiger partial charge in [0.25, 0.3) is 0 Å². The zero-order chi connectivity index (χ0) is 14.9. The number of carboxylic acids is 1. The van der Waals surface area contributed by atoms with Gasteiger partial charge in [0, 0.05) is 13.0 Å². The van der Waals surface area contributed by atoms with Gasteiger partial charge < -0.3 is 10.0 Å². The molecular formula is C15H18FNO3. The molecule has 4 nitrogen and oxygen atoms in total. The third kappa shape index (κ3) is 2.28. The highest BCUT2D eigenvalue weighted by Gasteiger charge is 2.51. The van der Waals surface area contributed by atoms with Crippen LogP contribution in [0.2, 0.25) is 0 Å². The summed E-state index contributed by atoms with van der Waals surface area (Å²) in [5.41, 5.74) is -0.975. The third-order valence-corrected chi connectivity index (χ3v) is 3.85. The minimum absolute atomic E-state index is 0.0337. The second kappa shape index (κ2) is 5.23. The van der Waals surface area contributed by atoms with Gasteiger partial charge in [-0.05, 0) is 37.0 Å². The Morgan fingerprint density at radius 2 is 1.90 bits per heavy atom. The number of rotatable bonds is 5. The Kier molecular flexibility index (Phi) is 3.79. The fourth-order valence-electron chi connectivity index (χ4n) is 2.79. The van der Waals surface area contributed by atoms with E-state index in [1.54, 1.807) is 6.92 Å². The summed E-state index contributed by atoms with van der Waals surface area (Å²) in [6, 6.07) is 5.33. The fourth-order valence-corrected chi connectivity index (χ4v) is 2.79. The Morgan fingerprint density at radius 3 is 2.25 bits per heavy atom. The normalized spacial score (nSPS) is 17.4. The van der Waals surface area contributed by atoms with Crippen molar-refractivity contribution in [2.45, 2.75) is 44.7 Å². The number of halogens is 1. The third-order valence-electron chi connectivity index (χ3n) is 3.85. The van der Waals surface area contributed by atoms with E-state index in [1.165, 1.54) is 36.1 Å². The predicted molar refractivity (Wildman–Crippen MR) is 71.5 cm³/mol. The lowest BCUT2D eigenvalue weighted by atomic mass is 9.84. The van der Waals surface area contributed by atoms with E-state index in [1.807, 2.05) is 0 Å². The molecule has 0 radical (unpaired) electrons. The molecule has 20 heavy (non-hydrogen) atoms. The molecule has 1 aromatic rings. The van der Waals surface area contributed by atoms with Crippen LogP contribution >= 0.6 is 0 Å². The predicted octanol–water partition coefficient (Wildman–Crippen LogP) is 2.53. The Balaban J connectivity index is 2.56. The smallest absolute Gasteiger partial charge is 0.334 e. The maximum absolute atomic E-state index is 13.1. The monoisotopic (exact) mass is 279 g/mol. The quantitative estimate of drug-likeness (QED) is 0.901. The summed E-state index contributed by atoms with van der Waals surface area (Å²) >= 11 is 0. The SMILES string of the molecule is CCC(C(=O)O)(c1ccc(F)cc1)N(C(C)=O)C1CC1. The lowest BCUT2D eigenvalue weighted by Gasteiger charge is -2.40. The van der Waals surface area contributed by atoms with Crippen LogP contribution in [0, 0.1) is 5.82 Å². The Labute approximate surface area is 117 Å². The molecule has 1 saturated carbocycles. The molecule has 0 aromatic heterocycles. The van der Waals surface area contributed by atoms with Gasteiger partial charge in [0.1, 0.15) is 5.82 Å². The first kappa shape index (κ1) is 14.5. The first-order valence-electron chi connectivity index (χ1n) is 6.72. The Hall–Kier alpha value is -1.91. The molecule has 0 spiro atoms. The van der Waals surface area contributed by atoms with E-state index in [2.05, 4.69) is 0 Å². The molecule has 2 rings (SSSR count). The zero-order valence-corrected chi connectivity index (χ0v) is 11.6. The fraction of sp³-hybridized carbons (Fsp3) is 0.467. The molecular weight excluding hydrogens is 261 g/mol. The van der Waals surface area contributed by atoms with Crippen molar-refractivity contribution in [3.05, 3.63) is 35.6 Å². The molecule has 1 amide bonds. The van der Waals surface area contributed by atoms with Gasteiger partial charge in [-0.25, -0.2) is 9.18 Å². The van der Waals surface area contributed by atoms with Crippen LogP contribution in [-0.4, -0.2) is 27.9 Å². The second-order valence-corrected chi connectivity index (χ2v) is 5.15. The number of benzene rings is 1. The molecule has 1 aromatic carbocycles. The van der Waals surface area contributed by atoms with Crippen molar-refractivity contribution in [1.82, 2.24) is 4.90 Å². The summed E-state index contributed by atoms with van der Waals surface area (Å²) < 4.78 is 13.1. The lowest BCUT2D eigenvalue weighted by Crippen LogP contribution is -2.54. The molecule has 0 bridgehead atoms. The standard InChI is InChI=1S/C15H18FNO3/c1-3-15(14(19)20,11-4-6-12(16)7-5-11)17(10(2)18)13-8-9-13/h4-7,13H,3,8-9H2,1-2H3,(H,19,20). The summed E-state index contributed by atoms with van der Waals surface area (Å²) in [7, 11) is 0. The summed E-state index contributed by atoms with van der Waals surface area (Å²) in [4.78, 5) is 25.3. The van der Waals surface area contributed by atoms with Crippen LogP contribution in [0.4, 0.5) is 4.39 Å². The first-order valence-corrected chi connectivity index (χ1v) is 6.72. The van der Waals surface area contributed by atoms with Gasteiger partial charge in [0.05, 0.1) is 0 Å². The summed E-state index contributed by atoms with van der Waals surface area (Å²) in [5, 5.41) is 9.75. The van der Waals surface area contributed by atoms with Gasteiger partial charge in [-0.2, -0.15) is 0 Å². The number of nitrogens with zero attached hydrogens (tertiary/aromatic N) is 1. The molecule has 1 atom stereocenters. The molecule has 1 aliphatic carbocycles. The van der Waals surface area contributed by atoms with E-state index in [-0.39, 0.29) is 18.4 Å². The number of amides is 1. The molecule has 0 saturated heterocycles. The number of carboxylic acid groups (broad SMARTS) is 1. The maximum atomic E-state index is 13.1. The first-order chi connectivity index (χ1) is 9.43. The van der Waals surface area contributed by atoms with Crippen molar-refractivity contribution in [1.29, 1.82) is 0 Å². The molecule has 1 fully saturated rings. The summed E-state index contributed by atoms with van der Waals surface area (Å²) in [6.07, 6.45) is 1.87. The van der Waals surface area contributed by atoms with Crippen molar-refractivity contribution >= 4 is 11.9 Å². The highest BCUT2D eigenvalue weighted by Crippen LogP contribution is 2.41. The topological polar surface area (TPSA) is 57.6 Å². The Morgan fingerprint density at radius 1 is 1.35 bits per heavy atom. The molecule has 1 N–H and O–H groups in total. The maximum Gasteiger partial charge on any atom is 0.334 e. The van der Waals surface area contributed by atoms with Crippen LogP contribution in [0.25, 0.3) is 0 Å². The molecule has 108 valence electrons. The average molecular weight is 279 g/mol. The minimum atomic E-state index is -1.42. The van der Waals surface area contributed by atoms with Crippen molar-refractivity contribution in [2.75, 3.05) is 0 Å². The molecule has 1 aliphatic rings. The number of carbonyl (C=O) groups is 2. The highest BCUT2D eigenvalue weighted by atomic mass is 19.1. The number of hydrogen-bond acceptors (Lipinski definition) is 2. The van der Waals surface area contributed by atoms with Gasteiger partial charge >= 0.3 is 5.97 Å². The van der Waals surface area contributed by atoms with E-state index in [0.717, 1.165) is 12.8 Å². The van der Waals surface area contributed by atoms with Gasteiger partial charge in [-0.1, -0.05) is 19.1 Å². The van der Waals surface area contributed by atoms with Gasteiger partial charge in [-0.3, -0.25) is 4.79 Å². The number of carbonyl (C=O) groups excluding carboxylic acids is 1. The van der Waals surface area contributed by atoms with Crippen LogP contribution in [0.1, 0.15) is 38.7 Å². The number of aliphatic carboxylic acids is 1. The van der Waals surface area contributed by atoms with E-state index in [0.29, 0.717) is 5.56 Å². The van der Waals surface area contributed by atoms with Gasteiger partial charge in [-0.15, -0.1) is 0 Å². The molecule has 0 heterocycles. The van der Waals surface area contributed by atoms with Crippen LogP contribution in [-0.2, 0) is 15.1 Å². The Bertz CT molecular complexity index is 524. The number of hydrogen-bond donors (Lipinski definition) is 1. The van der Waals surface area contributed by atoms with E-state index in [4.69, 9.17) is 0 Å². The molecule has 1 unspecified atom stereocenters. The van der Waals surface area contributed by atoms with Crippen molar-refractivity contribution in [3.63, 3.8) is 0 Å². The van der Waals surface area contributed by atoms with E-state index in [9.17, 15) is 19.1 Å². The van der Waals surface area contributed by atoms with Gasteiger partial charge in [0.15, 0.2) is 5.54 Å². The van der Waals surface area contributed by atoms with Crippen LogP contribution in [0.3, 0.4) is 0 Å². The summed E-state index contributed by atoms with van der Waals surface area (Å²) in [5.74, 6) is -1.76. The average Bonchev–Trinajstić information content (AvgIpc) is 3.20. The van der Waals surface area contributed by atoms with Crippen LogP contribution in [0.5, 0.6) is 0 Å². The second-order valence-electron chi connectivity index (χ2n) is 5.15. The lowest BCUT2D eigenvalue weighted by molar-refractivity contribution is -0.161. The van der Waals surface area contributed by atoms with Crippen molar-refractivity contribution < 1.29 is 19.1 Å². The highest BCUT2D eigenvalue weighted by molar-refractivity contribution is 5.87. The van der Waals surface area contributed by atoms with Crippen molar-refractivity contribution in [2.24, 2.45) is 0 Å². The zero-order valence-electron chi connectivity index (χ0n) is 11.6. The largest absolute Gasteiger partial charge is 0.479 e. The van der Waals surface area contributed by atoms with E-state index < -0.39 is 17.3 Å². The van der Waals surface area contributed by atoms with Crippen LogP contribution < -0.4 is 0 Å². The molecule has 5 heteroatoms. The minimum Gasteiger partial charge on any atom is -0.479 e. The van der Waals surface area contributed by atoms with Crippen LogP contribution in [0.15, 0.2) is 24.3 Å².